The van der Waals surface area contributed by atoms with Gasteiger partial charge in [0.15, 0.2) is 5.76 Å². The third-order valence-electron chi connectivity index (χ3n) is 7.05. The predicted octanol–water partition coefficient (Wildman–Crippen LogP) is 6.18. The van der Waals surface area contributed by atoms with Gasteiger partial charge in [-0.05, 0) is 52.9 Å². The molecule has 8 nitrogen and oxygen atoms in total. The molecule has 0 spiro atoms. The molecule has 1 aliphatic rings. The molecule has 3 aromatic carbocycles. The molecule has 0 radical (unpaired) electrons. The Labute approximate surface area is 243 Å². The monoisotopic (exact) mass is 556 g/mol. The van der Waals surface area contributed by atoms with E-state index in [2.05, 4.69) is 16.1 Å². The van der Waals surface area contributed by atoms with Crippen molar-refractivity contribution in [2.24, 2.45) is 0 Å². The zero-order chi connectivity index (χ0) is 28.9. The molecule has 6 rings (SSSR count). The number of amides is 1. The van der Waals surface area contributed by atoms with Gasteiger partial charge in [0.2, 0.25) is 5.78 Å². The number of ether oxygens (including phenoxy) is 1. The first-order valence-corrected chi connectivity index (χ1v) is 13.6. The van der Waals surface area contributed by atoms with Gasteiger partial charge in [0, 0.05) is 29.7 Å². The van der Waals surface area contributed by atoms with Gasteiger partial charge in [-0.25, -0.2) is 4.79 Å². The molecule has 8 heteroatoms. The van der Waals surface area contributed by atoms with E-state index in [1.807, 2.05) is 85.1 Å². The summed E-state index contributed by atoms with van der Waals surface area (Å²) in [6.45, 7) is 0.525. The van der Waals surface area contributed by atoms with E-state index in [9.17, 15) is 14.7 Å². The van der Waals surface area contributed by atoms with Crippen molar-refractivity contribution in [1.82, 2.24) is 19.7 Å². The summed E-state index contributed by atoms with van der Waals surface area (Å²) in [6.07, 6.45) is 4.97. The number of ketones is 1. The Morgan fingerprint density at radius 2 is 1.57 bits per heavy atom. The third kappa shape index (κ3) is 5.83. The smallest absolute Gasteiger partial charge is 0.415 e. The fourth-order valence-electron chi connectivity index (χ4n) is 5.09. The van der Waals surface area contributed by atoms with Crippen LogP contribution in [-0.4, -0.2) is 36.6 Å². The number of Topliss-reactive ketones (excluding diaryl/α,β-unsaturated/α-hetero) is 1. The standard InChI is InChI=1S/C34H28N4O4/c39-32(29-19-26(17-24-9-3-1-4-10-24)18-27(20-29)21-37-16-8-15-36-37)31-33(40)30-28(13-7-14-35-30)22-38(31)34(41)42-23-25-11-5-2-6-12-25/h1-16,18-20,39H,17,21-23H2/b32-31+. The van der Waals surface area contributed by atoms with Crippen molar-refractivity contribution in [3.05, 3.63) is 160 Å². The van der Waals surface area contributed by atoms with Crippen LogP contribution in [0.3, 0.4) is 0 Å². The summed E-state index contributed by atoms with van der Waals surface area (Å²) < 4.78 is 7.39. The van der Waals surface area contributed by atoms with Crippen molar-refractivity contribution in [2.45, 2.75) is 26.1 Å². The number of aromatic nitrogens is 3. The number of aliphatic hydroxyl groups is 1. The second-order valence-corrected chi connectivity index (χ2v) is 10.1. The minimum Gasteiger partial charge on any atom is -0.505 e. The SMILES string of the molecule is O=C1/C(=C(\O)c2cc(Cc3ccccc3)cc(Cn3cccn3)c2)N(C(=O)OCc2ccccc2)Cc2cccnc21. The van der Waals surface area contributed by atoms with Crippen molar-refractivity contribution >= 4 is 17.6 Å². The second-order valence-electron chi connectivity index (χ2n) is 10.1. The normalized spacial score (nSPS) is 13.9. The van der Waals surface area contributed by atoms with E-state index in [4.69, 9.17) is 4.74 Å². The highest BCUT2D eigenvalue weighted by molar-refractivity contribution is 6.14. The van der Waals surface area contributed by atoms with Crippen LogP contribution in [0.15, 0.2) is 121 Å². The number of fused-ring (bicyclic) bond motifs is 1. The van der Waals surface area contributed by atoms with E-state index in [0.717, 1.165) is 22.3 Å². The summed E-state index contributed by atoms with van der Waals surface area (Å²) in [6, 6.07) is 30.3. The summed E-state index contributed by atoms with van der Waals surface area (Å²) in [5.41, 5.74) is 4.75. The van der Waals surface area contributed by atoms with Crippen LogP contribution >= 0.6 is 0 Å². The van der Waals surface area contributed by atoms with Gasteiger partial charge < -0.3 is 9.84 Å². The van der Waals surface area contributed by atoms with Crippen LogP contribution in [0.25, 0.3) is 5.76 Å². The largest absolute Gasteiger partial charge is 0.505 e. The average molecular weight is 557 g/mol. The lowest BCUT2D eigenvalue weighted by atomic mass is 9.95. The zero-order valence-electron chi connectivity index (χ0n) is 22.8. The van der Waals surface area contributed by atoms with Crippen molar-refractivity contribution < 1.29 is 19.4 Å². The van der Waals surface area contributed by atoms with Crippen LogP contribution in [0.1, 0.15) is 43.9 Å². The lowest BCUT2D eigenvalue weighted by Crippen LogP contribution is -2.39. The summed E-state index contributed by atoms with van der Waals surface area (Å²) in [4.78, 5) is 32.7. The lowest BCUT2D eigenvalue weighted by molar-refractivity contribution is 0.0853. The van der Waals surface area contributed by atoms with Crippen molar-refractivity contribution in [2.75, 3.05) is 0 Å². The summed E-state index contributed by atoms with van der Waals surface area (Å²) in [7, 11) is 0. The van der Waals surface area contributed by atoms with Gasteiger partial charge in [-0.2, -0.15) is 5.10 Å². The number of hydrogen-bond acceptors (Lipinski definition) is 6. The number of carbonyl (C=O) groups excluding carboxylic acids is 2. The topological polar surface area (TPSA) is 97.6 Å². The van der Waals surface area contributed by atoms with E-state index in [1.165, 1.54) is 11.1 Å². The number of rotatable bonds is 7. The number of benzene rings is 3. The van der Waals surface area contributed by atoms with E-state index >= 15 is 0 Å². The van der Waals surface area contributed by atoms with E-state index in [-0.39, 0.29) is 30.3 Å². The highest BCUT2D eigenvalue weighted by Gasteiger charge is 2.37. The van der Waals surface area contributed by atoms with E-state index in [0.29, 0.717) is 24.1 Å². The van der Waals surface area contributed by atoms with Crippen molar-refractivity contribution in [1.29, 1.82) is 0 Å². The molecule has 1 aliphatic heterocycles. The molecule has 0 atom stereocenters. The first-order chi connectivity index (χ1) is 20.5. The number of allylic oxidation sites excluding steroid dienone is 1. The molecule has 0 saturated heterocycles. The van der Waals surface area contributed by atoms with Gasteiger partial charge >= 0.3 is 6.09 Å². The number of carbonyl (C=O) groups is 2. The number of hydrogen-bond donors (Lipinski definition) is 1. The molecule has 0 saturated carbocycles. The Morgan fingerprint density at radius 1 is 0.833 bits per heavy atom. The number of nitrogens with zero attached hydrogens (tertiary/aromatic N) is 4. The van der Waals surface area contributed by atoms with Crippen molar-refractivity contribution in [3.63, 3.8) is 0 Å². The van der Waals surface area contributed by atoms with Gasteiger partial charge in [-0.15, -0.1) is 0 Å². The molecule has 0 bridgehead atoms. The average Bonchev–Trinajstić information content (AvgIpc) is 3.53. The maximum atomic E-state index is 13.8. The van der Waals surface area contributed by atoms with Crippen LogP contribution in [0.5, 0.6) is 0 Å². The summed E-state index contributed by atoms with van der Waals surface area (Å²) in [5, 5.41) is 16.1. The Morgan fingerprint density at radius 3 is 2.31 bits per heavy atom. The van der Waals surface area contributed by atoms with Gasteiger partial charge in [0.25, 0.3) is 0 Å². The Bertz CT molecular complexity index is 1750. The van der Waals surface area contributed by atoms with Crippen LogP contribution in [0, 0.1) is 0 Å². The van der Waals surface area contributed by atoms with Gasteiger partial charge in [-0.1, -0.05) is 72.8 Å². The van der Waals surface area contributed by atoms with Crippen LogP contribution in [0.4, 0.5) is 4.79 Å². The molecule has 3 heterocycles. The number of aliphatic hydroxyl groups excluding tert-OH is 1. The molecule has 42 heavy (non-hydrogen) atoms. The zero-order valence-corrected chi connectivity index (χ0v) is 22.8. The van der Waals surface area contributed by atoms with Gasteiger partial charge in [0.1, 0.15) is 18.0 Å². The molecule has 5 aromatic rings. The highest BCUT2D eigenvalue weighted by atomic mass is 16.6. The Kier molecular flexibility index (Phi) is 7.59. The molecule has 208 valence electrons. The second kappa shape index (κ2) is 11.9. The first kappa shape index (κ1) is 26.7. The molecule has 1 N–H and O–H groups in total. The summed E-state index contributed by atoms with van der Waals surface area (Å²) in [5.74, 6) is -0.863. The fourth-order valence-corrected chi connectivity index (χ4v) is 5.09. The molecule has 0 fully saturated rings. The maximum absolute atomic E-state index is 13.8. The lowest BCUT2D eigenvalue weighted by Gasteiger charge is -2.29. The summed E-state index contributed by atoms with van der Waals surface area (Å²) >= 11 is 0. The number of pyridine rings is 1. The molecule has 0 unspecified atom stereocenters. The molecule has 0 aliphatic carbocycles. The quantitative estimate of drug-likeness (QED) is 0.190. The van der Waals surface area contributed by atoms with E-state index < -0.39 is 11.9 Å². The Balaban J connectivity index is 1.41. The highest BCUT2D eigenvalue weighted by Crippen LogP contribution is 2.31. The van der Waals surface area contributed by atoms with Crippen LogP contribution < -0.4 is 0 Å². The first-order valence-electron chi connectivity index (χ1n) is 13.6. The molecule has 1 amide bonds. The van der Waals surface area contributed by atoms with Crippen LogP contribution in [0.2, 0.25) is 0 Å². The minimum absolute atomic E-state index is 0.0267. The Hall–Kier alpha value is -5.50. The minimum atomic E-state index is -0.736. The third-order valence-corrected chi connectivity index (χ3v) is 7.05. The predicted molar refractivity (Wildman–Crippen MR) is 157 cm³/mol. The maximum Gasteiger partial charge on any atom is 0.415 e. The fraction of sp³-hybridized carbons (Fsp3) is 0.118. The van der Waals surface area contributed by atoms with E-state index in [1.54, 1.807) is 23.0 Å². The molecular formula is C34H28N4O4. The van der Waals surface area contributed by atoms with Crippen molar-refractivity contribution in [3.8, 4) is 0 Å². The molecule has 2 aromatic heterocycles. The molecular weight excluding hydrogens is 528 g/mol. The van der Waals surface area contributed by atoms with Gasteiger partial charge in [-0.3, -0.25) is 19.4 Å². The van der Waals surface area contributed by atoms with Crippen LogP contribution in [-0.2, 0) is 30.9 Å². The van der Waals surface area contributed by atoms with Gasteiger partial charge in [0.05, 0.1) is 13.1 Å².